The minimum Gasteiger partial charge on any atom is -0.370 e. The Hall–Kier alpha value is -1.30. The van der Waals surface area contributed by atoms with Crippen molar-refractivity contribution in [2.75, 3.05) is 32.8 Å². The summed E-state index contributed by atoms with van der Waals surface area (Å²) in [5.41, 5.74) is 0.897. The van der Waals surface area contributed by atoms with Crippen LogP contribution in [0, 0.1) is 0 Å². The molecule has 0 saturated carbocycles. The van der Waals surface area contributed by atoms with Crippen LogP contribution in [-0.2, 0) is 14.3 Å². The molecule has 1 unspecified atom stereocenters. The Bertz CT molecular complexity index is 623. The van der Waals surface area contributed by atoms with Crippen molar-refractivity contribution in [1.82, 2.24) is 9.80 Å². The Labute approximate surface area is 145 Å². The molecule has 1 aromatic rings. The summed E-state index contributed by atoms with van der Waals surface area (Å²) in [4.78, 5) is 27.5. The zero-order valence-electron chi connectivity index (χ0n) is 12.6. The number of nitrogens with zero attached hydrogens (tertiary/aromatic N) is 2. The van der Waals surface area contributed by atoms with E-state index in [0.29, 0.717) is 42.7 Å². The summed E-state index contributed by atoms with van der Waals surface area (Å²) in [5.74, 6) is 0.0289. The smallest absolute Gasteiger partial charge is 0.242 e. The first-order valence-corrected chi connectivity index (χ1v) is 8.42. The third-order valence-electron chi connectivity index (χ3n) is 4.23. The molecule has 23 heavy (non-hydrogen) atoms. The molecule has 2 saturated heterocycles. The molecule has 0 N–H and O–H groups in total. The van der Waals surface area contributed by atoms with Crippen molar-refractivity contribution in [1.29, 1.82) is 0 Å². The molecule has 1 atom stereocenters. The van der Waals surface area contributed by atoms with E-state index in [1.165, 1.54) is 0 Å². The summed E-state index contributed by atoms with van der Waals surface area (Å²) in [6, 6.07) is 5.36. The molecule has 2 aliphatic heterocycles. The van der Waals surface area contributed by atoms with E-state index in [4.69, 9.17) is 27.9 Å². The van der Waals surface area contributed by atoms with Crippen LogP contribution in [0.25, 0.3) is 0 Å². The van der Waals surface area contributed by atoms with Crippen molar-refractivity contribution >= 4 is 35.0 Å². The van der Waals surface area contributed by atoms with Crippen molar-refractivity contribution < 1.29 is 14.3 Å². The van der Waals surface area contributed by atoms with Crippen LogP contribution in [0.5, 0.6) is 0 Å². The maximum atomic E-state index is 12.4. The first kappa shape index (κ1) is 16.6. The molecular formula is C16H18Cl2N2O3. The summed E-state index contributed by atoms with van der Waals surface area (Å²) >= 11 is 12.0. The van der Waals surface area contributed by atoms with Crippen molar-refractivity contribution in [2.24, 2.45) is 0 Å². The van der Waals surface area contributed by atoms with E-state index in [1.807, 2.05) is 6.07 Å². The van der Waals surface area contributed by atoms with E-state index in [9.17, 15) is 9.59 Å². The second kappa shape index (κ2) is 7.07. The zero-order valence-corrected chi connectivity index (χ0v) is 14.1. The van der Waals surface area contributed by atoms with E-state index in [0.717, 1.165) is 12.0 Å². The van der Waals surface area contributed by atoms with Crippen molar-refractivity contribution in [2.45, 2.75) is 18.9 Å². The van der Waals surface area contributed by atoms with Gasteiger partial charge in [0.2, 0.25) is 11.8 Å². The summed E-state index contributed by atoms with van der Waals surface area (Å²) in [7, 11) is 0. The minimum atomic E-state index is -0.225. The highest BCUT2D eigenvalue weighted by Crippen LogP contribution is 2.29. The number of benzene rings is 1. The van der Waals surface area contributed by atoms with Gasteiger partial charge in [0.25, 0.3) is 0 Å². The number of halogens is 2. The summed E-state index contributed by atoms with van der Waals surface area (Å²) in [6.45, 7) is 2.29. The van der Waals surface area contributed by atoms with Crippen LogP contribution in [0.2, 0.25) is 10.0 Å². The average Bonchev–Trinajstić information content (AvgIpc) is 2.95. The Morgan fingerprint density at radius 3 is 2.78 bits per heavy atom. The molecule has 2 fully saturated rings. The number of hydrogen-bond acceptors (Lipinski definition) is 3. The molecular weight excluding hydrogens is 339 g/mol. The van der Waals surface area contributed by atoms with Gasteiger partial charge in [0.1, 0.15) is 6.10 Å². The van der Waals surface area contributed by atoms with Crippen LogP contribution < -0.4 is 0 Å². The summed E-state index contributed by atoms with van der Waals surface area (Å²) in [5, 5.41) is 0.964. The first-order valence-electron chi connectivity index (χ1n) is 7.66. The number of hydrogen-bond donors (Lipinski definition) is 0. The molecule has 2 heterocycles. The highest BCUT2D eigenvalue weighted by molar-refractivity contribution is 6.42. The third-order valence-corrected chi connectivity index (χ3v) is 4.97. The van der Waals surface area contributed by atoms with Gasteiger partial charge in [-0.1, -0.05) is 29.3 Å². The van der Waals surface area contributed by atoms with Gasteiger partial charge in [-0.05, 0) is 24.1 Å². The molecule has 1 aromatic carbocycles. The van der Waals surface area contributed by atoms with Crippen molar-refractivity contribution in [3.05, 3.63) is 33.8 Å². The van der Waals surface area contributed by atoms with Crippen LogP contribution in [0.15, 0.2) is 18.2 Å². The Balaban J connectivity index is 1.64. The number of amides is 2. The second-order valence-electron chi connectivity index (χ2n) is 5.79. The van der Waals surface area contributed by atoms with Gasteiger partial charge in [-0.15, -0.1) is 0 Å². The quantitative estimate of drug-likeness (QED) is 0.835. The van der Waals surface area contributed by atoms with E-state index in [-0.39, 0.29) is 24.5 Å². The fourth-order valence-corrected chi connectivity index (χ4v) is 3.23. The summed E-state index contributed by atoms with van der Waals surface area (Å²) in [6.07, 6.45) is 1.15. The first-order chi connectivity index (χ1) is 11.0. The van der Waals surface area contributed by atoms with Crippen LogP contribution in [0.1, 0.15) is 24.5 Å². The molecule has 0 bridgehead atoms. The van der Waals surface area contributed by atoms with Gasteiger partial charge in [0.05, 0.1) is 29.7 Å². The molecule has 0 radical (unpaired) electrons. The largest absolute Gasteiger partial charge is 0.370 e. The maximum Gasteiger partial charge on any atom is 0.242 e. The SMILES string of the molecule is O=C1CCCN1CC(=O)N1CCOC(c2ccc(Cl)c(Cl)c2)C1. The molecule has 5 nitrogen and oxygen atoms in total. The number of rotatable bonds is 3. The molecule has 2 aliphatic rings. The van der Waals surface area contributed by atoms with Gasteiger partial charge < -0.3 is 14.5 Å². The molecule has 0 aliphatic carbocycles. The van der Waals surface area contributed by atoms with Gasteiger partial charge >= 0.3 is 0 Å². The maximum absolute atomic E-state index is 12.4. The number of carbonyl (C=O) groups excluding carboxylic acids is 2. The van der Waals surface area contributed by atoms with Crippen LogP contribution >= 0.6 is 23.2 Å². The van der Waals surface area contributed by atoms with Crippen LogP contribution in [0.4, 0.5) is 0 Å². The van der Waals surface area contributed by atoms with Gasteiger partial charge in [-0.3, -0.25) is 9.59 Å². The van der Waals surface area contributed by atoms with Gasteiger partial charge in [-0.2, -0.15) is 0 Å². The van der Waals surface area contributed by atoms with Crippen LogP contribution in [-0.4, -0.2) is 54.4 Å². The number of likely N-dealkylation sites (tertiary alicyclic amines) is 1. The highest BCUT2D eigenvalue weighted by Gasteiger charge is 2.29. The molecule has 0 spiro atoms. The molecule has 0 aromatic heterocycles. The fourth-order valence-electron chi connectivity index (χ4n) is 2.92. The normalized spacial score (nSPS) is 21.8. The van der Waals surface area contributed by atoms with E-state index in [2.05, 4.69) is 0 Å². The van der Waals surface area contributed by atoms with Crippen LogP contribution in [0.3, 0.4) is 0 Å². The molecule has 3 rings (SSSR count). The van der Waals surface area contributed by atoms with Gasteiger partial charge in [-0.25, -0.2) is 0 Å². The zero-order chi connectivity index (χ0) is 16.4. The lowest BCUT2D eigenvalue weighted by Gasteiger charge is -2.34. The number of morpholine rings is 1. The van der Waals surface area contributed by atoms with E-state index < -0.39 is 0 Å². The minimum absolute atomic E-state index is 0.0337. The molecule has 2 amide bonds. The number of carbonyl (C=O) groups is 2. The predicted molar refractivity (Wildman–Crippen MR) is 87.5 cm³/mol. The third kappa shape index (κ3) is 3.79. The monoisotopic (exact) mass is 356 g/mol. The molecule has 124 valence electrons. The lowest BCUT2D eigenvalue weighted by atomic mass is 10.1. The Morgan fingerprint density at radius 2 is 2.09 bits per heavy atom. The van der Waals surface area contributed by atoms with Crippen molar-refractivity contribution in [3.8, 4) is 0 Å². The second-order valence-corrected chi connectivity index (χ2v) is 6.61. The van der Waals surface area contributed by atoms with E-state index >= 15 is 0 Å². The van der Waals surface area contributed by atoms with Gasteiger partial charge in [0, 0.05) is 19.5 Å². The Morgan fingerprint density at radius 1 is 1.26 bits per heavy atom. The summed E-state index contributed by atoms with van der Waals surface area (Å²) < 4.78 is 5.75. The Kier molecular flexibility index (Phi) is 5.09. The topological polar surface area (TPSA) is 49.9 Å². The lowest BCUT2D eigenvalue weighted by molar-refractivity contribution is -0.143. The standard InChI is InChI=1S/C16H18Cl2N2O3/c17-12-4-3-11(8-13(12)18)14-9-20(6-7-23-14)16(22)10-19-5-1-2-15(19)21/h3-4,8,14H,1-2,5-7,9-10H2. The average molecular weight is 357 g/mol. The highest BCUT2D eigenvalue weighted by atomic mass is 35.5. The lowest BCUT2D eigenvalue weighted by Crippen LogP contribution is -2.46. The van der Waals surface area contributed by atoms with Gasteiger partial charge in [0.15, 0.2) is 0 Å². The number of ether oxygens (including phenoxy) is 1. The van der Waals surface area contributed by atoms with E-state index in [1.54, 1.807) is 21.9 Å². The predicted octanol–water partition coefficient (Wildman–Crippen LogP) is 2.52. The molecule has 7 heteroatoms. The van der Waals surface area contributed by atoms with Crippen molar-refractivity contribution in [3.63, 3.8) is 0 Å². The fraction of sp³-hybridized carbons (Fsp3) is 0.500.